The number of fused-ring (bicyclic) bond motifs is 1. The zero-order chi connectivity index (χ0) is 10.7. The van der Waals surface area contributed by atoms with Gasteiger partial charge in [0.15, 0.2) is 5.11 Å². The SMILES string of the molecule is C=CCNC(=S)N/N=C1/C[C@H]2C=CC[C@@H]12. The van der Waals surface area contributed by atoms with Crippen molar-refractivity contribution >= 4 is 23.0 Å². The van der Waals surface area contributed by atoms with Crippen LogP contribution >= 0.6 is 12.2 Å². The van der Waals surface area contributed by atoms with Crippen molar-refractivity contribution in [1.82, 2.24) is 10.7 Å². The Morgan fingerprint density at radius 3 is 3.33 bits per heavy atom. The van der Waals surface area contributed by atoms with Gasteiger partial charge >= 0.3 is 0 Å². The molecular formula is C11H15N3S. The summed E-state index contributed by atoms with van der Waals surface area (Å²) < 4.78 is 0. The lowest BCUT2D eigenvalue weighted by atomic mass is 9.74. The summed E-state index contributed by atoms with van der Waals surface area (Å²) in [6, 6.07) is 0. The Morgan fingerprint density at radius 1 is 1.73 bits per heavy atom. The summed E-state index contributed by atoms with van der Waals surface area (Å²) in [5.74, 6) is 1.37. The van der Waals surface area contributed by atoms with Gasteiger partial charge in [-0.2, -0.15) is 5.10 Å². The first kappa shape index (κ1) is 10.4. The monoisotopic (exact) mass is 221 g/mol. The van der Waals surface area contributed by atoms with Crippen LogP contribution in [0.25, 0.3) is 0 Å². The van der Waals surface area contributed by atoms with Crippen molar-refractivity contribution in [1.29, 1.82) is 0 Å². The molecule has 2 N–H and O–H groups in total. The standard InChI is InChI=1S/C11H15N3S/c1-2-6-12-11(15)14-13-10-7-8-4-3-5-9(8)10/h2-4,8-9H,1,5-7H2,(H2,12,14,15)/b13-10-/t8-,9-/m1/s1. The van der Waals surface area contributed by atoms with Crippen LogP contribution in [-0.2, 0) is 0 Å². The van der Waals surface area contributed by atoms with Gasteiger partial charge in [-0.1, -0.05) is 18.2 Å². The van der Waals surface area contributed by atoms with Gasteiger partial charge in [-0.05, 0) is 31.0 Å². The highest BCUT2D eigenvalue weighted by atomic mass is 32.1. The molecule has 0 heterocycles. The minimum Gasteiger partial charge on any atom is -0.358 e. The largest absolute Gasteiger partial charge is 0.358 e. The van der Waals surface area contributed by atoms with Gasteiger partial charge in [0, 0.05) is 18.2 Å². The Bertz CT molecular complexity index is 333. The van der Waals surface area contributed by atoms with Crippen LogP contribution in [0.3, 0.4) is 0 Å². The number of nitrogens with one attached hydrogen (secondary N) is 2. The molecule has 0 amide bonds. The molecule has 2 atom stereocenters. The van der Waals surface area contributed by atoms with Crippen LogP contribution < -0.4 is 10.7 Å². The van der Waals surface area contributed by atoms with Gasteiger partial charge in [-0.25, -0.2) is 0 Å². The summed E-state index contributed by atoms with van der Waals surface area (Å²) in [6.45, 7) is 4.28. The number of hydrogen-bond acceptors (Lipinski definition) is 2. The minimum atomic E-state index is 0.566. The van der Waals surface area contributed by atoms with Crippen LogP contribution in [-0.4, -0.2) is 17.4 Å². The van der Waals surface area contributed by atoms with E-state index in [-0.39, 0.29) is 0 Å². The number of hydrazone groups is 1. The molecule has 2 rings (SSSR count). The van der Waals surface area contributed by atoms with Crippen molar-refractivity contribution in [3.8, 4) is 0 Å². The smallest absolute Gasteiger partial charge is 0.187 e. The van der Waals surface area contributed by atoms with Crippen molar-refractivity contribution in [2.75, 3.05) is 6.54 Å². The summed E-state index contributed by atoms with van der Waals surface area (Å²) in [7, 11) is 0. The average molecular weight is 221 g/mol. The number of hydrogen-bond donors (Lipinski definition) is 2. The molecule has 2 aliphatic carbocycles. The first-order valence-corrected chi connectivity index (χ1v) is 5.60. The van der Waals surface area contributed by atoms with Gasteiger partial charge in [0.05, 0.1) is 0 Å². The lowest BCUT2D eigenvalue weighted by molar-refractivity contribution is 0.463. The van der Waals surface area contributed by atoms with Crippen molar-refractivity contribution in [3.05, 3.63) is 24.8 Å². The van der Waals surface area contributed by atoms with Crippen molar-refractivity contribution in [2.45, 2.75) is 12.8 Å². The third-order valence-electron chi connectivity index (χ3n) is 2.87. The van der Waals surface area contributed by atoms with Crippen LogP contribution in [0.2, 0.25) is 0 Å². The Labute approximate surface area is 95.3 Å². The summed E-state index contributed by atoms with van der Waals surface area (Å²) in [5, 5.41) is 7.86. The first-order chi connectivity index (χ1) is 7.31. The fourth-order valence-corrected chi connectivity index (χ4v) is 2.12. The Morgan fingerprint density at radius 2 is 2.60 bits per heavy atom. The van der Waals surface area contributed by atoms with E-state index in [1.54, 1.807) is 6.08 Å². The van der Waals surface area contributed by atoms with E-state index >= 15 is 0 Å². The summed E-state index contributed by atoms with van der Waals surface area (Å²) >= 11 is 5.04. The summed E-state index contributed by atoms with van der Waals surface area (Å²) in [6.07, 6.45) is 8.52. The van der Waals surface area contributed by atoms with Gasteiger partial charge in [0.2, 0.25) is 0 Å². The maximum absolute atomic E-state index is 5.04. The van der Waals surface area contributed by atoms with Gasteiger partial charge in [-0.3, -0.25) is 5.43 Å². The number of rotatable bonds is 3. The molecule has 0 saturated heterocycles. The lowest BCUT2D eigenvalue weighted by Gasteiger charge is -2.31. The topological polar surface area (TPSA) is 36.4 Å². The van der Waals surface area contributed by atoms with Gasteiger partial charge in [0.1, 0.15) is 0 Å². The molecule has 0 aromatic carbocycles. The lowest BCUT2D eigenvalue weighted by Crippen LogP contribution is -2.38. The van der Waals surface area contributed by atoms with Crippen molar-refractivity contribution < 1.29 is 0 Å². The minimum absolute atomic E-state index is 0.566. The highest BCUT2D eigenvalue weighted by Gasteiger charge is 2.37. The van der Waals surface area contributed by atoms with E-state index < -0.39 is 0 Å². The average Bonchev–Trinajstić information content (AvgIpc) is 2.57. The number of nitrogens with zero attached hydrogens (tertiary/aromatic N) is 1. The van der Waals surface area contributed by atoms with Crippen LogP contribution in [0.15, 0.2) is 29.9 Å². The second-order valence-corrected chi connectivity index (χ2v) is 4.26. The van der Waals surface area contributed by atoms with E-state index in [0.717, 1.165) is 18.8 Å². The molecule has 80 valence electrons. The van der Waals surface area contributed by atoms with E-state index in [0.29, 0.717) is 17.6 Å². The fraction of sp³-hybridized carbons (Fsp3) is 0.455. The Kier molecular flexibility index (Phi) is 3.16. The number of thiocarbonyl (C=S) groups is 1. The van der Waals surface area contributed by atoms with Gasteiger partial charge in [-0.15, -0.1) is 6.58 Å². The molecule has 0 aromatic heterocycles. The van der Waals surface area contributed by atoms with Crippen LogP contribution in [0.1, 0.15) is 12.8 Å². The van der Waals surface area contributed by atoms with E-state index in [1.807, 2.05) is 0 Å². The van der Waals surface area contributed by atoms with E-state index in [2.05, 4.69) is 34.6 Å². The molecule has 3 nitrogen and oxygen atoms in total. The molecule has 0 unspecified atom stereocenters. The zero-order valence-corrected chi connectivity index (χ0v) is 9.39. The summed E-state index contributed by atoms with van der Waals surface area (Å²) in [5.41, 5.74) is 4.11. The molecule has 1 fully saturated rings. The third kappa shape index (κ3) is 2.26. The number of allylic oxidation sites excluding steroid dienone is 2. The molecule has 0 spiro atoms. The highest BCUT2D eigenvalue weighted by Crippen LogP contribution is 2.39. The predicted octanol–water partition coefficient (Wildman–Crippen LogP) is 1.59. The fourth-order valence-electron chi connectivity index (χ4n) is 1.99. The molecule has 1 saturated carbocycles. The second kappa shape index (κ2) is 4.57. The van der Waals surface area contributed by atoms with Gasteiger partial charge < -0.3 is 5.32 Å². The van der Waals surface area contributed by atoms with E-state index in [1.165, 1.54) is 5.71 Å². The highest BCUT2D eigenvalue weighted by molar-refractivity contribution is 7.80. The molecule has 0 aromatic rings. The Hall–Kier alpha value is -1.16. The van der Waals surface area contributed by atoms with Crippen LogP contribution in [0, 0.1) is 11.8 Å². The predicted molar refractivity (Wildman–Crippen MR) is 66.7 cm³/mol. The Balaban J connectivity index is 1.75. The van der Waals surface area contributed by atoms with Crippen LogP contribution in [0.4, 0.5) is 0 Å². The van der Waals surface area contributed by atoms with Crippen LogP contribution in [0.5, 0.6) is 0 Å². The molecular weight excluding hydrogens is 206 g/mol. The molecule has 2 aliphatic rings. The maximum Gasteiger partial charge on any atom is 0.187 e. The van der Waals surface area contributed by atoms with Gasteiger partial charge in [0.25, 0.3) is 0 Å². The molecule has 4 heteroatoms. The quantitative estimate of drug-likeness (QED) is 0.432. The molecule has 0 aliphatic heterocycles. The van der Waals surface area contributed by atoms with E-state index in [4.69, 9.17) is 12.2 Å². The zero-order valence-electron chi connectivity index (χ0n) is 8.57. The first-order valence-electron chi connectivity index (χ1n) is 5.19. The maximum atomic E-state index is 5.04. The third-order valence-corrected chi connectivity index (χ3v) is 3.11. The van der Waals surface area contributed by atoms with E-state index in [9.17, 15) is 0 Å². The summed E-state index contributed by atoms with van der Waals surface area (Å²) in [4.78, 5) is 0. The molecule has 15 heavy (non-hydrogen) atoms. The normalized spacial score (nSPS) is 29.5. The van der Waals surface area contributed by atoms with Crippen molar-refractivity contribution in [2.24, 2.45) is 16.9 Å². The molecule has 0 radical (unpaired) electrons. The molecule has 0 bridgehead atoms. The van der Waals surface area contributed by atoms with Crippen molar-refractivity contribution in [3.63, 3.8) is 0 Å². The second-order valence-electron chi connectivity index (χ2n) is 3.85.